The monoisotopic (exact) mass is 408 g/mol. The molecule has 0 bridgehead atoms. The van der Waals surface area contributed by atoms with E-state index in [4.69, 9.17) is 4.74 Å². The summed E-state index contributed by atoms with van der Waals surface area (Å²) in [6.07, 6.45) is 1.34. The number of anilines is 1. The van der Waals surface area contributed by atoms with E-state index in [-0.39, 0.29) is 16.9 Å². The molecule has 0 aliphatic carbocycles. The van der Waals surface area contributed by atoms with Crippen LogP contribution in [-0.4, -0.2) is 60.1 Å². The van der Waals surface area contributed by atoms with Crippen LogP contribution in [0.4, 0.5) is 14.6 Å². The molecule has 0 N–H and O–H groups in total. The fraction of sp³-hybridized carbons (Fsp3) is 0.421. The first-order chi connectivity index (χ1) is 13.4. The normalized spacial score (nSPS) is 16.9. The third-order valence-corrected chi connectivity index (χ3v) is 5.16. The highest BCUT2D eigenvalue weighted by Crippen LogP contribution is 2.30. The minimum atomic E-state index is -2.57. The van der Waals surface area contributed by atoms with E-state index in [9.17, 15) is 13.6 Å². The highest BCUT2D eigenvalue weighted by atomic mass is 32.2. The first kappa shape index (κ1) is 20.3. The van der Waals surface area contributed by atoms with E-state index < -0.39 is 5.76 Å². The molecule has 1 aliphatic rings. The summed E-state index contributed by atoms with van der Waals surface area (Å²) in [5.41, 5.74) is 0.295. The van der Waals surface area contributed by atoms with Crippen molar-refractivity contribution in [2.24, 2.45) is 0 Å². The van der Waals surface area contributed by atoms with E-state index in [0.717, 1.165) is 18.7 Å². The fourth-order valence-electron chi connectivity index (χ4n) is 3.02. The lowest BCUT2D eigenvalue weighted by molar-refractivity contribution is 0.0522. The minimum absolute atomic E-state index is 0.216. The van der Waals surface area contributed by atoms with Crippen LogP contribution >= 0.6 is 11.8 Å². The molecule has 9 heteroatoms. The predicted octanol–water partition coefficient (Wildman–Crippen LogP) is 3.54. The fourth-order valence-corrected chi connectivity index (χ4v) is 3.65. The average molecular weight is 408 g/mol. The summed E-state index contributed by atoms with van der Waals surface area (Å²) in [4.78, 5) is 16.7. The first-order valence-corrected chi connectivity index (χ1v) is 9.83. The molecule has 2 aromatic rings. The van der Waals surface area contributed by atoms with Crippen molar-refractivity contribution in [2.75, 3.05) is 32.1 Å². The van der Waals surface area contributed by atoms with Gasteiger partial charge in [-0.05, 0) is 31.0 Å². The number of hydrogen-bond donors (Lipinski definition) is 0. The van der Waals surface area contributed by atoms with E-state index in [2.05, 4.69) is 10.2 Å². The lowest BCUT2D eigenvalue weighted by Gasteiger charge is -2.33. The van der Waals surface area contributed by atoms with Crippen molar-refractivity contribution in [3.63, 3.8) is 0 Å². The Morgan fingerprint density at radius 3 is 2.71 bits per heavy atom. The van der Waals surface area contributed by atoms with E-state index in [1.165, 1.54) is 0 Å². The molecule has 0 spiro atoms. The van der Waals surface area contributed by atoms with Gasteiger partial charge in [0.1, 0.15) is 6.10 Å². The lowest BCUT2D eigenvalue weighted by atomic mass is 10.1. The topological polar surface area (TPSA) is 58.6 Å². The third-order valence-electron chi connectivity index (χ3n) is 4.37. The molecule has 6 nitrogen and oxygen atoms in total. The first-order valence-electron chi connectivity index (χ1n) is 8.95. The highest BCUT2D eigenvalue weighted by molar-refractivity contribution is 7.99. The molecule has 0 saturated carbocycles. The van der Waals surface area contributed by atoms with E-state index in [1.807, 2.05) is 25.1 Å². The molecule has 150 valence electrons. The Labute approximate surface area is 166 Å². The van der Waals surface area contributed by atoms with Crippen LogP contribution in [0.3, 0.4) is 0 Å². The molecule has 1 aromatic heterocycles. The molecule has 2 heterocycles. The van der Waals surface area contributed by atoms with Crippen molar-refractivity contribution < 1.29 is 18.3 Å². The van der Waals surface area contributed by atoms with Crippen LogP contribution < -0.4 is 9.64 Å². The van der Waals surface area contributed by atoms with Crippen LogP contribution in [-0.2, 0) is 0 Å². The van der Waals surface area contributed by atoms with Gasteiger partial charge in [0.25, 0.3) is 11.7 Å². The number of thioether (sulfide) groups is 1. The van der Waals surface area contributed by atoms with Crippen molar-refractivity contribution in [1.29, 1.82) is 0 Å². The van der Waals surface area contributed by atoms with Crippen molar-refractivity contribution in [3.05, 3.63) is 42.0 Å². The minimum Gasteiger partial charge on any atom is -0.471 e. The van der Waals surface area contributed by atoms with Crippen LogP contribution in [0.25, 0.3) is 0 Å². The standard InChI is InChI=1S/C19H22F2N4O2S/c1-24(2)16-9-10-17(23-22-16)27-13-6-5-11-25(12-13)18(26)14-7-3-4-8-15(14)28-19(20)21/h3-4,7-10,13,19H,5-6,11-12H2,1-2H3. The number of carbonyl (C=O) groups excluding carboxylic acids is 1. The number of nitrogens with zero attached hydrogens (tertiary/aromatic N) is 4. The summed E-state index contributed by atoms with van der Waals surface area (Å²) < 4.78 is 31.5. The Morgan fingerprint density at radius 2 is 2.04 bits per heavy atom. The zero-order chi connectivity index (χ0) is 20.1. The summed E-state index contributed by atoms with van der Waals surface area (Å²) in [6, 6.07) is 10.0. The molecule has 28 heavy (non-hydrogen) atoms. The Morgan fingerprint density at radius 1 is 1.25 bits per heavy atom. The summed E-state index contributed by atoms with van der Waals surface area (Å²) in [7, 11) is 3.75. The maximum atomic E-state index is 12.9. The zero-order valence-corrected chi connectivity index (χ0v) is 16.5. The largest absolute Gasteiger partial charge is 0.471 e. The van der Waals surface area contributed by atoms with Gasteiger partial charge in [0, 0.05) is 31.6 Å². The molecule has 1 aromatic carbocycles. The molecule has 1 saturated heterocycles. The van der Waals surface area contributed by atoms with Gasteiger partial charge in [0.2, 0.25) is 5.88 Å². The Hall–Kier alpha value is -2.42. The second-order valence-corrected chi connectivity index (χ2v) is 7.66. The van der Waals surface area contributed by atoms with Crippen LogP contribution in [0.15, 0.2) is 41.3 Å². The molecular formula is C19H22F2N4O2S. The third kappa shape index (κ3) is 5.09. The highest BCUT2D eigenvalue weighted by Gasteiger charge is 2.27. The molecule has 1 fully saturated rings. The molecule has 1 unspecified atom stereocenters. The Bertz CT molecular complexity index is 805. The molecule has 1 atom stereocenters. The molecule has 3 rings (SSSR count). The number of benzene rings is 1. The van der Waals surface area contributed by atoms with Crippen molar-refractivity contribution in [1.82, 2.24) is 15.1 Å². The number of hydrogen-bond acceptors (Lipinski definition) is 6. The SMILES string of the molecule is CN(C)c1ccc(OC2CCCN(C(=O)c3ccccc3SC(F)F)C2)nn1. The van der Waals surface area contributed by atoms with Gasteiger partial charge in [-0.15, -0.1) is 10.2 Å². The predicted molar refractivity (Wildman–Crippen MR) is 104 cm³/mol. The van der Waals surface area contributed by atoms with Crippen molar-refractivity contribution in [2.45, 2.75) is 29.6 Å². The molecular weight excluding hydrogens is 386 g/mol. The van der Waals surface area contributed by atoms with E-state index >= 15 is 0 Å². The molecule has 1 amide bonds. The van der Waals surface area contributed by atoms with Gasteiger partial charge in [-0.25, -0.2) is 0 Å². The Kier molecular flexibility index (Phi) is 6.66. The number of rotatable bonds is 6. The van der Waals surface area contributed by atoms with Gasteiger partial charge < -0.3 is 14.5 Å². The number of carbonyl (C=O) groups is 1. The van der Waals surface area contributed by atoms with Crippen LogP contribution in [0.1, 0.15) is 23.2 Å². The number of aromatic nitrogens is 2. The van der Waals surface area contributed by atoms with Gasteiger partial charge in [-0.3, -0.25) is 4.79 Å². The van der Waals surface area contributed by atoms with Crippen molar-refractivity contribution >= 4 is 23.5 Å². The van der Waals surface area contributed by atoms with Gasteiger partial charge in [-0.2, -0.15) is 8.78 Å². The quantitative estimate of drug-likeness (QED) is 0.682. The van der Waals surface area contributed by atoms with E-state index in [0.29, 0.717) is 36.3 Å². The Balaban J connectivity index is 1.67. The summed E-state index contributed by atoms with van der Waals surface area (Å²) in [5.74, 6) is -1.71. The van der Waals surface area contributed by atoms with Gasteiger partial charge >= 0.3 is 0 Å². The second kappa shape index (κ2) is 9.18. The van der Waals surface area contributed by atoms with Gasteiger partial charge in [-0.1, -0.05) is 23.9 Å². The average Bonchev–Trinajstić information content (AvgIpc) is 2.68. The number of amides is 1. The number of halogens is 2. The van der Waals surface area contributed by atoms with Crippen LogP contribution in [0.5, 0.6) is 5.88 Å². The maximum absolute atomic E-state index is 12.9. The molecule has 0 radical (unpaired) electrons. The van der Waals surface area contributed by atoms with Crippen molar-refractivity contribution in [3.8, 4) is 5.88 Å². The molecule has 1 aliphatic heterocycles. The number of piperidine rings is 1. The van der Waals surface area contributed by atoms with Crippen LogP contribution in [0.2, 0.25) is 0 Å². The maximum Gasteiger partial charge on any atom is 0.288 e. The van der Waals surface area contributed by atoms with Crippen LogP contribution in [0, 0.1) is 0 Å². The smallest absolute Gasteiger partial charge is 0.288 e. The second-order valence-electron chi connectivity index (χ2n) is 6.63. The number of ether oxygens (including phenoxy) is 1. The summed E-state index contributed by atoms with van der Waals surface area (Å²) in [6.45, 7) is 0.946. The van der Waals surface area contributed by atoms with Gasteiger partial charge in [0.15, 0.2) is 5.82 Å². The number of likely N-dealkylation sites (tertiary alicyclic amines) is 1. The zero-order valence-electron chi connectivity index (χ0n) is 15.7. The summed E-state index contributed by atoms with van der Waals surface area (Å²) in [5, 5.41) is 8.15. The lowest BCUT2D eigenvalue weighted by Crippen LogP contribution is -2.44. The van der Waals surface area contributed by atoms with Gasteiger partial charge in [0.05, 0.1) is 12.1 Å². The summed E-state index contributed by atoms with van der Waals surface area (Å²) >= 11 is 0.390. The van der Waals surface area contributed by atoms with E-state index in [1.54, 1.807) is 35.2 Å². The number of alkyl halides is 2.